The number of methoxy groups -OCH3 is 2. The molecule has 3 heterocycles. The predicted molar refractivity (Wildman–Crippen MR) is 150 cm³/mol. The third-order valence-electron chi connectivity index (χ3n) is 6.72. The fourth-order valence-corrected chi connectivity index (χ4v) is 5.81. The zero-order chi connectivity index (χ0) is 27.5. The average molecular weight is 550 g/mol. The molecule has 11 heteroatoms. The predicted octanol–water partition coefficient (Wildman–Crippen LogP) is 4.46. The molecule has 2 aromatic heterocycles. The molecule has 1 aliphatic rings. The zero-order valence-corrected chi connectivity index (χ0v) is 23.2. The number of hydrogen-bond acceptors (Lipinski definition) is 9. The van der Waals surface area contributed by atoms with Crippen molar-refractivity contribution in [1.29, 1.82) is 0 Å². The highest BCUT2D eigenvalue weighted by Gasteiger charge is 2.34. The fourth-order valence-electron chi connectivity index (χ4n) is 4.74. The molecular formula is C28H31N5O5S. The Labute approximate surface area is 230 Å². The number of carbonyl (C=O) groups is 1. The van der Waals surface area contributed by atoms with Gasteiger partial charge in [-0.2, -0.15) is 0 Å². The van der Waals surface area contributed by atoms with Crippen LogP contribution in [0.4, 0.5) is 10.7 Å². The minimum atomic E-state index is -0.383. The molecule has 2 aromatic carbocycles. The van der Waals surface area contributed by atoms with Gasteiger partial charge in [0.1, 0.15) is 23.1 Å². The smallest absolute Gasteiger partial charge is 0.410 e. The molecule has 1 unspecified atom stereocenters. The molecule has 39 heavy (non-hydrogen) atoms. The minimum Gasteiger partial charge on any atom is -0.497 e. The number of anilines is 1. The van der Waals surface area contributed by atoms with E-state index in [1.165, 1.54) is 11.3 Å². The second-order valence-corrected chi connectivity index (χ2v) is 10.5. The minimum absolute atomic E-state index is 0.204. The Morgan fingerprint density at radius 1 is 1.10 bits per heavy atom. The summed E-state index contributed by atoms with van der Waals surface area (Å²) in [7, 11) is 6.87. The maximum absolute atomic E-state index is 13.8. The summed E-state index contributed by atoms with van der Waals surface area (Å²) in [5, 5.41) is 0.688. The monoisotopic (exact) mass is 549 g/mol. The van der Waals surface area contributed by atoms with Crippen molar-refractivity contribution in [3.05, 3.63) is 75.0 Å². The van der Waals surface area contributed by atoms with Crippen molar-refractivity contribution in [1.82, 2.24) is 19.4 Å². The molecule has 1 saturated heterocycles. The van der Waals surface area contributed by atoms with E-state index < -0.39 is 0 Å². The Hall–Kier alpha value is -4.12. The van der Waals surface area contributed by atoms with Crippen molar-refractivity contribution < 1.29 is 19.0 Å². The van der Waals surface area contributed by atoms with E-state index in [0.29, 0.717) is 33.8 Å². The van der Waals surface area contributed by atoms with Crippen LogP contribution in [-0.2, 0) is 17.9 Å². The van der Waals surface area contributed by atoms with Crippen molar-refractivity contribution in [3.63, 3.8) is 0 Å². The van der Waals surface area contributed by atoms with Crippen LogP contribution in [0.5, 0.6) is 11.5 Å². The normalized spacial score (nSPS) is 15.0. The van der Waals surface area contributed by atoms with Gasteiger partial charge in [0.25, 0.3) is 5.56 Å². The van der Waals surface area contributed by atoms with Crippen LogP contribution < -0.4 is 19.9 Å². The number of likely N-dealkylation sites (tertiary alicyclic amines) is 1. The molecule has 1 amide bonds. The molecule has 0 N–H and O–H groups in total. The third kappa shape index (κ3) is 5.40. The number of hydrogen-bond donors (Lipinski definition) is 0. The molecular weight excluding hydrogens is 518 g/mol. The van der Waals surface area contributed by atoms with Gasteiger partial charge in [-0.15, -0.1) is 0 Å². The maximum atomic E-state index is 13.8. The van der Waals surface area contributed by atoms with E-state index in [4.69, 9.17) is 24.2 Å². The summed E-state index contributed by atoms with van der Waals surface area (Å²) in [5.74, 6) is 1.78. The van der Waals surface area contributed by atoms with Crippen molar-refractivity contribution in [2.45, 2.75) is 32.0 Å². The number of thiazole rings is 1. The fraction of sp³-hybridized carbons (Fsp3) is 0.357. The van der Waals surface area contributed by atoms with E-state index in [1.54, 1.807) is 34.7 Å². The third-order valence-corrected chi connectivity index (χ3v) is 7.77. The summed E-state index contributed by atoms with van der Waals surface area (Å²) >= 11 is 1.35. The molecule has 0 spiro atoms. The van der Waals surface area contributed by atoms with Gasteiger partial charge in [0.05, 0.1) is 26.8 Å². The largest absolute Gasteiger partial charge is 0.497 e. The van der Waals surface area contributed by atoms with Gasteiger partial charge in [-0.3, -0.25) is 14.3 Å². The van der Waals surface area contributed by atoms with E-state index in [2.05, 4.69) is 0 Å². The SMILES string of the molecule is COc1ccc(Cn2c(N(C)C)nc3sc(C4CCCN4C(=O)OCc4ccccc4)nc3c2=O)c(OC)c1. The van der Waals surface area contributed by atoms with Crippen LogP contribution in [0.25, 0.3) is 10.3 Å². The number of nitrogens with zero attached hydrogens (tertiary/aromatic N) is 5. The Bertz CT molecular complexity index is 1530. The number of benzene rings is 2. The first-order chi connectivity index (χ1) is 18.9. The number of rotatable bonds is 8. The number of amides is 1. The topological polar surface area (TPSA) is 99.0 Å². The van der Waals surface area contributed by atoms with Gasteiger partial charge in [-0.1, -0.05) is 41.7 Å². The second kappa shape index (κ2) is 11.3. The first kappa shape index (κ1) is 26.5. The summed E-state index contributed by atoms with van der Waals surface area (Å²) in [6.45, 7) is 1.03. The lowest BCUT2D eigenvalue weighted by molar-refractivity contribution is 0.0920. The number of ether oxygens (including phenoxy) is 3. The lowest BCUT2D eigenvalue weighted by Crippen LogP contribution is -2.31. The molecule has 0 aliphatic carbocycles. The maximum Gasteiger partial charge on any atom is 0.410 e. The standard InChI is InChI=1S/C28H31N5O5S/c1-31(2)27-30-25-23(26(34)33(27)16-19-12-13-20(36-3)15-22(19)37-4)29-24(39-25)21-11-8-14-32(21)28(35)38-17-18-9-6-5-7-10-18/h5-7,9-10,12-13,15,21H,8,11,14,16-17H2,1-4H3. The van der Waals surface area contributed by atoms with Crippen LogP contribution in [0, 0.1) is 0 Å². The van der Waals surface area contributed by atoms with E-state index in [9.17, 15) is 9.59 Å². The van der Waals surface area contributed by atoms with Crippen molar-refractivity contribution in [2.75, 3.05) is 39.8 Å². The van der Waals surface area contributed by atoms with Crippen molar-refractivity contribution in [2.24, 2.45) is 0 Å². The first-order valence-corrected chi connectivity index (χ1v) is 13.5. The van der Waals surface area contributed by atoms with Crippen LogP contribution in [0.2, 0.25) is 0 Å². The van der Waals surface area contributed by atoms with Gasteiger partial charge in [0.15, 0.2) is 10.3 Å². The summed E-state index contributed by atoms with van der Waals surface area (Å²) in [6, 6.07) is 14.8. The highest BCUT2D eigenvalue weighted by atomic mass is 32.1. The van der Waals surface area contributed by atoms with Crippen LogP contribution >= 0.6 is 11.3 Å². The van der Waals surface area contributed by atoms with Gasteiger partial charge in [-0.25, -0.2) is 14.8 Å². The molecule has 0 radical (unpaired) electrons. The van der Waals surface area contributed by atoms with E-state index in [-0.39, 0.29) is 36.4 Å². The molecule has 0 bridgehead atoms. The van der Waals surface area contributed by atoms with Crippen molar-refractivity contribution in [3.8, 4) is 11.5 Å². The number of fused-ring (bicyclic) bond motifs is 1. The average Bonchev–Trinajstić information content (AvgIpc) is 3.61. The summed E-state index contributed by atoms with van der Waals surface area (Å²) < 4.78 is 18.0. The van der Waals surface area contributed by atoms with Crippen LogP contribution in [-0.4, -0.2) is 60.4 Å². The Balaban J connectivity index is 1.45. The highest BCUT2D eigenvalue weighted by molar-refractivity contribution is 7.18. The van der Waals surface area contributed by atoms with Crippen molar-refractivity contribution >= 4 is 33.7 Å². The first-order valence-electron chi connectivity index (χ1n) is 12.7. The van der Waals surface area contributed by atoms with Crippen LogP contribution in [0.1, 0.15) is 35.0 Å². The molecule has 1 atom stereocenters. The van der Waals surface area contributed by atoms with E-state index >= 15 is 0 Å². The Morgan fingerprint density at radius 2 is 1.90 bits per heavy atom. The number of aromatic nitrogens is 3. The molecule has 4 aromatic rings. The molecule has 1 fully saturated rings. The quantitative estimate of drug-likeness (QED) is 0.318. The van der Waals surface area contributed by atoms with Crippen LogP contribution in [0.15, 0.2) is 53.3 Å². The molecule has 10 nitrogen and oxygen atoms in total. The Morgan fingerprint density at radius 3 is 2.62 bits per heavy atom. The van der Waals surface area contributed by atoms with E-state index in [0.717, 1.165) is 24.0 Å². The summed E-state index contributed by atoms with van der Waals surface area (Å²) in [5.41, 5.74) is 1.78. The zero-order valence-electron chi connectivity index (χ0n) is 22.4. The Kier molecular flexibility index (Phi) is 7.69. The molecule has 204 valence electrons. The van der Waals surface area contributed by atoms with Gasteiger partial charge in [0, 0.05) is 32.3 Å². The summed E-state index contributed by atoms with van der Waals surface area (Å²) in [4.78, 5) is 40.3. The molecule has 5 rings (SSSR count). The lowest BCUT2D eigenvalue weighted by Gasteiger charge is -2.22. The summed E-state index contributed by atoms with van der Waals surface area (Å²) in [6.07, 6.45) is 1.20. The highest BCUT2D eigenvalue weighted by Crippen LogP contribution is 2.36. The molecule has 1 aliphatic heterocycles. The van der Waals surface area contributed by atoms with Gasteiger partial charge >= 0.3 is 6.09 Å². The molecule has 0 saturated carbocycles. The van der Waals surface area contributed by atoms with Gasteiger partial charge in [-0.05, 0) is 30.5 Å². The van der Waals surface area contributed by atoms with E-state index in [1.807, 2.05) is 56.6 Å². The van der Waals surface area contributed by atoms with Gasteiger partial charge in [0.2, 0.25) is 5.95 Å². The van der Waals surface area contributed by atoms with Gasteiger partial charge < -0.3 is 19.1 Å². The van der Waals surface area contributed by atoms with Crippen LogP contribution in [0.3, 0.4) is 0 Å². The lowest BCUT2D eigenvalue weighted by atomic mass is 10.2. The second-order valence-electron chi connectivity index (χ2n) is 9.47. The number of carbonyl (C=O) groups excluding carboxylic acids is 1.